The molecule has 1 amide bonds. The zero-order valence-electron chi connectivity index (χ0n) is 13.1. The van der Waals surface area contributed by atoms with Crippen LogP contribution in [0.4, 0.5) is 0 Å². The minimum absolute atomic E-state index is 0.0966. The number of halogens is 1. The Morgan fingerprint density at radius 1 is 1.38 bits per heavy atom. The molecule has 2 aromatic rings. The SMILES string of the molecule is CCN(CC)C(=O)Cn1c(C(C)Cl)nc2c(C)cccc21. The van der Waals surface area contributed by atoms with Gasteiger partial charge in [0.2, 0.25) is 5.91 Å². The van der Waals surface area contributed by atoms with E-state index in [1.807, 2.05) is 55.4 Å². The van der Waals surface area contributed by atoms with Crippen molar-refractivity contribution in [3.63, 3.8) is 0 Å². The molecular formula is C16H22ClN3O. The van der Waals surface area contributed by atoms with E-state index in [1.165, 1.54) is 0 Å². The highest BCUT2D eigenvalue weighted by atomic mass is 35.5. The zero-order chi connectivity index (χ0) is 15.6. The van der Waals surface area contributed by atoms with Gasteiger partial charge in [-0.2, -0.15) is 0 Å². The van der Waals surface area contributed by atoms with Crippen molar-refractivity contribution < 1.29 is 4.79 Å². The van der Waals surface area contributed by atoms with E-state index in [9.17, 15) is 4.79 Å². The summed E-state index contributed by atoms with van der Waals surface area (Å²) in [6.45, 7) is 9.60. The fourth-order valence-electron chi connectivity index (χ4n) is 2.59. The normalized spacial score (nSPS) is 12.6. The highest BCUT2D eigenvalue weighted by Crippen LogP contribution is 2.26. The predicted molar refractivity (Wildman–Crippen MR) is 86.7 cm³/mol. The first-order chi connectivity index (χ1) is 9.99. The minimum atomic E-state index is -0.235. The summed E-state index contributed by atoms with van der Waals surface area (Å²) in [7, 11) is 0. The highest BCUT2D eigenvalue weighted by Gasteiger charge is 2.19. The average Bonchev–Trinajstić information content (AvgIpc) is 2.81. The van der Waals surface area contributed by atoms with Gasteiger partial charge >= 0.3 is 0 Å². The number of hydrogen-bond acceptors (Lipinski definition) is 2. The molecule has 0 aliphatic carbocycles. The smallest absolute Gasteiger partial charge is 0.242 e. The van der Waals surface area contributed by atoms with E-state index in [4.69, 9.17) is 11.6 Å². The van der Waals surface area contributed by atoms with E-state index in [-0.39, 0.29) is 17.8 Å². The quantitative estimate of drug-likeness (QED) is 0.793. The van der Waals surface area contributed by atoms with Gasteiger partial charge in [-0.05, 0) is 39.3 Å². The van der Waals surface area contributed by atoms with Gasteiger partial charge < -0.3 is 9.47 Å². The van der Waals surface area contributed by atoms with Crippen LogP contribution in [0.25, 0.3) is 11.0 Å². The number of benzene rings is 1. The van der Waals surface area contributed by atoms with Gasteiger partial charge in [0, 0.05) is 13.1 Å². The van der Waals surface area contributed by atoms with Gasteiger partial charge in [-0.3, -0.25) is 4.79 Å². The Kier molecular flexibility index (Phi) is 4.88. The zero-order valence-corrected chi connectivity index (χ0v) is 13.8. The average molecular weight is 308 g/mol. The second-order valence-corrected chi connectivity index (χ2v) is 5.84. The van der Waals surface area contributed by atoms with E-state index < -0.39 is 0 Å². The van der Waals surface area contributed by atoms with Crippen LogP contribution in [-0.4, -0.2) is 33.4 Å². The van der Waals surface area contributed by atoms with Crippen LogP contribution >= 0.6 is 11.6 Å². The molecule has 0 N–H and O–H groups in total. The van der Waals surface area contributed by atoms with Gasteiger partial charge in [-0.1, -0.05) is 12.1 Å². The number of alkyl halides is 1. The van der Waals surface area contributed by atoms with Gasteiger partial charge in [-0.25, -0.2) is 4.98 Å². The Hall–Kier alpha value is -1.55. The van der Waals surface area contributed by atoms with Crippen molar-refractivity contribution in [2.24, 2.45) is 0 Å². The summed E-state index contributed by atoms with van der Waals surface area (Å²) in [6.07, 6.45) is 0. The second-order valence-electron chi connectivity index (χ2n) is 5.18. The van der Waals surface area contributed by atoms with Crippen LogP contribution in [0.15, 0.2) is 18.2 Å². The molecule has 0 aliphatic rings. The summed E-state index contributed by atoms with van der Waals surface area (Å²) >= 11 is 6.25. The number of para-hydroxylation sites is 1. The summed E-state index contributed by atoms with van der Waals surface area (Å²) in [4.78, 5) is 18.9. The molecule has 1 aromatic heterocycles. The molecule has 1 heterocycles. The third kappa shape index (κ3) is 3.05. The van der Waals surface area contributed by atoms with Crippen molar-refractivity contribution in [3.8, 4) is 0 Å². The van der Waals surface area contributed by atoms with Crippen LogP contribution in [0.3, 0.4) is 0 Å². The Labute approximate surface area is 130 Å². The number of carbonyl (C=O) groups excluding carboxylic acids is 1. The first kappa shape index (κ1) is 15.8. The number of likely N-dealkylation sites (N-methyl/N-ethyl adjacent to an activating group) is 1. The molecule has 0 saturated carbocycles. The predicted octanol–water partition coefficient (Wildman–Crippen LogP) is 3.51. The number of aromatic nitrogens is 2. The molecule has 0 bridgehead atoms. The largest absolute Gasteiger partial charge is 0.342 e. The molecule has 2 rings (SSSR count). The summed E-state index contributed by atoms with van der Waals surface area (Å²) in [5, 5.41) is -0.235. The number of hydrogen-bond donors (Lipinski definition) is 0. The summed E-state index contributed by atoms with van der Waals surface area (Å²) in [6, 6.07) is 6.00. The van der Waals surface area contributed by atoms with Crippen LogP contribution in [0.5, 0.6) is 0 Å². The second kappa shape index (κ2) is 6.48. The van der Waals surface area contributed by atoms with Crippen molar-refractivity contribution in [1.29, 1.82) is 0 Å². The van der Waals surface area contributed by atoms with Crippen LogP contribution in [-0.2, 0) is 11.3 Å². The van der Waals surface area contributed by atoms with Crippen molar-refractivity contribution >= 4 is 28.5 Å². The van der Waals surface area contributed by atoms with Gasteiger partial charge in [0.25, 0.3) is 0 Å². The standard InChI is InChI=1S/C16H22ClN3O/c1-5-19(6-2)14(21)10-20-13-9-7-8-11(3)15(13)18-16(20)12(4)17/h7-9,12H,5-6,10H2,1-4H3. The molecule has 0 aliphatic heterocycles. The van der Waals surface area contributed by atoms with Crippen LogP contribution in [0.2, 0.25) is 0 Å². The highest BCUT2D eigenvalue weighted by molar-refractivity contribution is 6.20. The number of nitrogens with zero attached hydrogens (tertiary/aromatic N) is 3. The van der Waals surface area contributed by atoms with E-state index in [0.29, 0.717) is 13.1 Å². The molecule has 1 aromatic carbocycles. The number of fused-ring (bicyclic) bond motifs is 1. The van der Waals surface area contributed by atoms with Crippen molar-refractivity contribution in [2.45, 2.75) is 39.6 Å². The third-order valence-electron chi connectivity index (χ3n) is 3.78. The lowest BCUT2D eigenvalue weighted by atomic mass is 10.2. The van der Waals surface area contributed by atoms with Gasteiger partial charge in [0.15, 0.2) is 0 Å². The number of amides is 1. The Morgan fingerprint density at radius 3 is 2.62 bits per heavy atom. The molecule has 4 nitrogen and oxygen atoms in total. The first-order valence-electron chi connectivity index (χ1n) is 7.37. The number of imidazole rings is 1. The molecule has 0 spiro atoms. The fraction of sp³-hybridized carbons (Fsp3) is 0.500. The molecule has 1 unspecified atom stereocenters. The molecule has 0 saturated heterocycles. The molecule has 21 heavy (non-hydrogen) atoms. The lowest BCUT2D eigenvalue weighted by molar-refractivity contribution is -0.131. The minimum Gasteiger partial charge on any atom is -0.342 e. The molecule has 0 fully saturated rings. The third-order valence-corrected chi connectivity index (χ3v) is 3.97. The van der Waals surface area contributed by atoms with Gasteiger partial charge in [0.1, 0.15) is 12.4 Å². The Morgan fingerprint density at radius 2 is 2.05 bits per heavy atom. The van der Waals surface area contributed by atoms with Crippen molar-refractivity contribution in [1.82, 2.24) is 14.5 Å². The maximum atomic E-state index is 12.4. The van der Waals surface area contributed by atoms with Gasteiger partial charge in [0.05, 0.1) is 16.4 Å². The lowest BCUT2D eigenvalue weighted by Gasteiger charge is -2.20. The fourth-order valence-corrected chi connectivity index (χ4v) is 2.75. The number of aryl methyl sites for hydroxylation is 1. The number of rotatable bonds is 5. The molecule has 0 radical (unpaired) electrons. The molecular weight excluding hydrogens is 286 g/mol. The molecule has 5 heteroatoms. The summed E-state index contributed by atoms with van der Waals surface area (Å²) in [5.74, 6) is 0.848. The lowest BCUT2D eigenvalue weighted by Crippen LogP contribution is -2.33. The van der Waals surface area contributed by atoms with Crippen LogP contribution < -0.4 is 0 Å². The van der Waals surface area contributed by atoms with Crippen molar-refractivity contribution in [2.75, 3.05) is 13.1 Å². The van der Waals surface area contributed by atoms with Crippen LogP contribution in [0.1, 0.15) is 37.5 Å². The Balaban J connectivity index is 2.49. The van der Waals surface area contributed by atoms with Crippen LogP contribution in [0, 0.1) is 6.92 Å². The van der Waals surface area contributed by atoms with Gasteiger partial charge in [-0.15, -0.1) is 11.6 Å². The monoisotopic (exact) mass is 307 g/mol. The van der Waals surface area contributed by atoms with E-state index in [1.54, 1.807) is 0 Å². The topological polar surface area (TPSA) is 38.1 Å². The maximum Gasteiger partial charge on any atom is 0.242 e. The van der Waals surface area contributed by atoms with E-state index in [2.05, 4.69) is 4.98 Å². The first-order valence-corrected chi connectivity index (χ1v) is 7.80. The number of carbonyl (C=O) groups is 1. The summed E-state index contributed by atoms with van der Waals surface area (Å²) in [5.41, 5.74) is 2.99. The molecule has 1 atom stereocenters. The Bertz CT molecular complexity index is 644. The maximum absolute atomic E-state index is 12.4. The molecule has 114 valence electrons. The van der Waals surface area contributed by atoms with E-state index in [0.717, 1.165) is 22.4 Å². The summed E-state index contributed by atoms with van der Waals surface area (Å²) < 4.78 is 1.95. The van der Waals surface area contributed by atoms with E-state index >= 15 is 0 Å². The van der Waals surface area contributed by atoms with Crippen molar-refractivity contribution in [3.05, 3.63) is 29.6 Å².